The molecule has 2 saturated heterocycles. The van der Waals surface area contributed by atoms with Gasteiger partial charge in [-0.15, -0.1) is 6.58 Å². The number of carbonyl (C=O) groups excluding carboxylic acids is 1. The van der Waals surface area contributed by atoms with E-state index >= 15 is 0 Å². The van der Waals surface area contributed by atoms with Gasteiger partial charge in [0.1, 0.15) is 16.6 Å². The summed E-state index contributed by atoms with van der Waals surface area (Å²) in [6.07, 6.45) is 9.16. The van der Waals surface area contributed by atoms with Crippen LogP contribution >= 0.6 is 0 Å². The molecule has 2 fully saturated rings. The standard InChI is InChI=1S/C39H50N8O4/c1-6-20-46-35(48)31-25-40-36(43-34(31)47(46)32-13-10-28-14-19-39(50,7-2)33(28)42-32)41-29-11-8-26(9-12-29)27-15-21-44(22-16-27)30-17-23-45(24-18-30)37(49)51-38(3,4)5/h6,8-13,25,27,30,50H,1,7,14-24H2,2-5H3,(H,40,41,43)/t39-/m0/s1. The fourth-order valence-corrected chi connectivity index (χ4v) is 7.92. The lowest BCUT2D eigenvalue weighted by atomic mass is 9.88. The molecular formula is C39H50N8O4. The van der Waals surface area contributed by atoms with Crippen LogP contribution in [0.4, 0.5) is 16.4 Å². The lowest BCUT2D eigenvalue weighted by Crippen LogP contribution is -2.49. The van der Waals surface area contributed by atoms with Gasteiger partial charge < -0.3 is 25.0 Å². The van der Waals surface area contributed by atoms with Gasteiger partial charge in [-0.2, -0.15) is 4.98 Å². The normalized spacial score (nSPS) is 20.5. The fraction of sp³-hybridized carbons (Fsp3) is 0.513. The Labute approximate surface area is 299 Å². The number of aromatic nitrogens is 5. The number of allylic oxidation sites excluding steroid dienone is 1. The quantitative estimate of drug-likeness (QED) is 0.212. The largest absolute Gasteiger partial charge is 0.444 e. The van der Waals surface area contributed by atoms with E-state index in [4.69, 9.17) is 14.7 Å². The minimum Gasteiger partial charge on any atom is -0.444 e. The third-order valence-electron chi connectivity index (χ3n) is 10.8. The number of pyridine rings is 1. The van der Waals surface area contributed by atoms with Gasteiger partial charge in [-0.25, -0.2) is 24.1 Å². The van der Waals surface area contributed by atoms with Gasteiger partial charge >= 0.3 is 6.09 Å². The highest BCUT2D eigenvalue weighted by molar-refractivity contribution is 5.77. The Hall–Kier alpha value is -4.55. The Morgan fingerprint density at radius 1 is 1.06 bits per heavy atom. The van der Waals surface area contributed by atoms with Crippen LogP contribution in [0.2, 0.25) is 0 Å². The van der Waals surface area contributed by atoms with E-state index in [0.717, 1.165) is 69.5 Å². The SMILES string of the molecule is C=CCn1c(=O)c2cnc(Nc3ccc(C4CCN(C5CCN(C(=O)OC(C)(C)C)CC5)CC4)cc3)nc2n1-c1ccc2c(n1)[C@](O)(CC)CC2. The van der Waals surface area contributed by atoms with Gasteiger partial charge in [-0.05, 0) is 114 Å². The van der Waals surface area contributed by atoms with E-state index in [1.165, 1.54) is 5.56 Å². The molecule has 7 rings (SSSR count). The van der Waals surface area contributed by atoms with E-state index in [1.54, 1.807) is 21.6 Å². The first kappa shape index (κ1) is 34.9. The maximum Gasteiger partial charge on any atom is 0.410 e. The number of rotatable bonds is 8. The first-order chi connectivity index (χ1) is 24.5. The number of ether oxygens (including phenoxy) is 1. The number of nitrogens with zero attached hydrogens (tertiary/aromatic N) is 7. The number of hydrogen-bond donors (Lipinski definition) is 2. The van der Waals surface area contributed by atoms with Crippen LogP contribution in [-0.4, -0.2) is 83.1 Å². The summed E-state index contributed by atoms with van der Waals surface area (Å²) in [5.74, 6) is 1.38. The summed E-state index contributed by atoms with van der Waals surface area (Å²) in [6.45, 7) is 15.4. The first-order valence-corrected chi connectivity index (χ1v) is 18.4. The maximum atomic E-state index is 13.5. The Morgan fingerprint density at radius 3 is 2.45 bits per heavy atom. The van der Waals surface area contributed by atoms with Gasteiger partial charge in [0.25, 0.3) is 5.56 Å². The van der Waals surface area contributed by atoms with Gasteiger partial charge in [-0.1, -0.05) is 31.2 Å². The zero-order chi connectivity index (χ0) is 35.9. The minimum atomic E-state index is -0.981. The molecule has 1 aromatic carbocycles. The van der Waals surface area contributed by atoms with E-state index < -0.39 is 11.2 Å². The van der Waals surface area contributed by atoms with Crippen molar-refractivity contribution in [3.05, 3.63) is 82.4 Å². The zero-order valence-corrected chi connectivity index (χ0v) is 30.3. The highest BCUT2D eigenvalue weighted by Crippen LogP contribution is 2.38. The number of aliphatic hydroxyl groups is 1. The monoisotopic (exact) mass is 694 g/mol. The number of aryl methyl sites for hydroxylation is 1. The van der Waals surface area contributed by atoms with Crippen molar-refractivity contribution in [1.29, 1.82) is 0 Å². The van der Waals surface area contributed by atoms with Gasteiger partial charge in [0.15, 0.2) is 11.5 Å². The number of carbonyl (C=O) groups is 1. The lowest BCUT2D eigenvalue weighted by Gasteiger charge is -2.42. The van der Waals surface area contributed by atoms with Crippen LogP contribution in [0.3, 0.4) is 0 Å². The molecule has 1 atom stereocenters. The molecule has 0 spiro atoms. The number of anilines is 2. The molecular weight excluding hydrogens is 644 g/mol. The molecule has 270 valence electrons. The molecule has 4 aromatic rings. The van der Waals surface area contributed by atoms with Crippen molar-refractivity contribution >= 4 is 28.8 Å². The smallest absolute Gasteiger partial charge is 0.410 e. The number of piperidine rings is 2. The molecule has 1 amide bonds. The van der Waals surface area contributed by atoms with Crippen LogP contribution < -0.4 is 10.9 Å². The molecule has 3 aliphatic rings. The van der Waals surface area contributed by atoms with Crippen molar-refractivity contribution in [2.45, 2.75) is 102 Å². The van der Waals surface area contributed by atoms with Crippen LogP contribution in [0.1, 0.15) is 89.0 Å². The van der Waals surface area contributed by atoms with Gasteiger partial charge in [0.05, 0.1) is 12.2 Å². The molecule has 3 aromatic heterocycles. The van der Waals surface area contributed by atoms with E-state index in [9.17, 15) is 14.7 Å². The molecule has 2 N–H and O–H groups in total. The summed E-state index contributed by atoms with van der Waals surface area (Å²) in [6, 6.07) is 12.9. The van der Waals surface area contributed by atoms with Gasteiger partial charge in [0, 0.05) is 31.0 Å². The molecule has 1 aliphatic carbocycles. The fourth-order valence-electron chi connectivity index (χ4n) is 7.92. The van der Waals surface area contributed by atoms with Crippen molar-refractivity contribution in [2.24, 2.45) is 0 Å². The number of likely N-dealkylation sites (tertiary alicyclic amines) is 2. The summed E-state index contributed by atoms with van der Waals surface area (Å²) in [7, 11) is 0. The molecule has 0 unspecified atom stereocenters. The molecule has 2 aliphatic heterocycles. The van der Waals surface area contributed by atoms with Crippen molar-refractivity contribution in [2.75, 3.05) is 31.5 Å². The number of benzene rings is 1. The molecule has 5 heterocycles. The van der Waals surface area contributed by atoms with Crippen LogP contribution in [0, 0.1) is 0 Å². The van der Waals surface area contributed by atoms with Crippen molar-refractivity contribution in [1.82, 2.24) is 34.1 Å². The third-order valence-corrected chi connectivity index (χ3v) is 10.8. The van der Waals surface area contributed by atoms with Crippen molar-refractivity contribution in [3.63, 3.8) is 0 Å². The second-order valence-corrected chi connectivity index (χ2v) is 15.2. The lowest BCUT2D eigenvalue weighted by molar-refractivity contribution is 0.0127. The van der Waals surface area contributed by atoms with Crippen LogP contribution in [0.5, 0.6) is 0 Å². The van der Waals surface area contributed by atoms with E-state index in [-0.39, 0.29) is 18.2 Å². The highest BCUT2D eigenvalue weighted by atomic mass is 16.6. The summed E-state index contributed by atoms with van der Waals surface area (Å²) in [5, 5.41) is 14.9. The second kappa shape index (κ2) is 13.9. The summed E-state index contributed by atoms with van der Waals surface area (Å²) in [4.78, 5) is 44.6. The summed E-state index contributed by atoms with van der Waals surface area (Å²) >= 11 is 0. The first-order valence-electron chi connectivity index (χ1n) is 18.4. The third kappa shape index (κ3) is 7.03. The van der Waals surface area contributed by atoms with Crippen molar-refractivity contribution < 1.29 is 14.6 Å². The molecule has 12 nitrogen and oxygen atoms in total. The number of hydrogen-bond acceptors (Lipinski definition) is 9. The predicted octanol–water partition coefficient (Wildman–Crippen LogP) is 6.03. The average molecular weight is 695 g/mol. The Kier molecular flexibility index (Phi) is 9.49. The van der Waals surface area contributed by atoms with Crippen LogP contribution in [0.25, 0.3) is 16.9 Å². The number of fused-ring (bicyclic) bond motifs is 2. The topological polar surface area (TPSA) is 131 Å². The van der Waals surface area contributed by atoms with Gasteiger partial charge in [0.2, 0.25) is 5.95 Å². The van der Waals surface area contributed by atoms with Crippen molar-refractivity contribution in [3.8, 4) is 5.82 Å². The molecule has 0 saturated carbocycles. The van der Waals surface area contributed by atoms with Crippen LogP contribution in [-0.2, 0) is 23.3 Å². The van der Waals surface area contributed by atoms with Crippen LogP contribution in [0.15, 0.2) is 60.0 Å². The Balaban J connectivity index is 1.02. The predicted molar refractivity (Wildman–Crippen MR) is 198 cm³/mol. The number of nitrogens with one attached hydrogen (secondary N) is 1. The molecule has 51 heavy (non-hydrogen) atoms. The average Bonchev–Trinajstić information content (AvgIpc) is 3.60. The minimum absolute atomic E-state index is 0.203. The van der Waals surface area contributed by atoms with Gasteiger partial charge in [-0.3, -0.25) is 4.79 Å². The van der Waals surface area contributed by atoms with E-state index in [0.29, 0.717) is 53.3 Å². The second-order valence-electron chi connectivity index (χ2n) is 15.2. The molecule has 0 bridgehead atoms. The van der Waals surface area contributed by atoms with E-state index in [1.807, 2.05) is 44.7 Å². The zero-order valence-electron chi connectivity index (χ0n) is 30.3. The summed E-state index contributed by atoms with van der Waals surface area (Å²) in [5.41, 5.74) is 2.63. The highest BCUT2D eigenvalue weighted by Gasteiger charge is 2.37. The van der Waals surface area contributed by atoms with E-state index in [2.05, 4.69) is 46.0 Å². The molecule has 0 radical (unpaired) electrons. The number of amides is 1. The molecule has 12 heteroatoms. The summed E-state index contributed by atoms with van der Waals surface area (Å²) < 4.78 is 8.83. The maximum absolute atomic E-state index is 13.5. The Bertz CT molecular complexity index is 1960. The Morgan fingerprint density at radius 2 is 1.78 bits per heavy atom.